The molecule has 0 aliphatic carbocycles. The van der Waals surface area contributed by atoms with Crippen molar-refractivity contribution in [3.8, 4) is 0 Å². The van der Waals surface area contributed by atoms with Crippen molar-refractivity contribution in [1.82, 2.24) is 0 Å². The Kier molecular flexibility index (Phi) is 4.86. The molecule has 0 radical (unpaired) electrons. The van der Waals surface area contributed by atoms with Crippen LogP contribution >= 0.6 is 0 Å². The van der Waals surface area contributed by atoms with Crippen molar-refractivity contribution >= 4 is 20.0 Å². The third kappa shape index (κ3) is 3.87. The van der Waals surface area contributed by atoms with Gasteiger partial charge in [0.2, 0.25) is 0 Å². The zero-order valence-electron chi connectivity index (χ0n) is 10.1. The van der Waals surface area contributed by atoms with Crippen LogP contribution in [0.3, 0.4) is 0 Å². The number of nitrogens with two attached hydrogens (primary N) is 1. The molecule has 1 aromatic carbocycles. The second-order valence-corrected chi connectivity index (χ2v) is 7.37. The van der Waals surface area contributed by atoms with Crippen LogP contribution in [0, 0.1) is 0 Å². The number of benzene rings is 1. The Balaban J connectivity index is 3.37. The molecule has 106 valence electrons. The standard InChI is InChI=1S/C11H15NO5S2/c1-2-18(13,14)11(6-7-12)9-4-3-5-10(8-9)19(15,16)17/h2-5,8,11H,1,6-7,12H2,(H,15,16,17). The van der Waals surface area contributed by atoms with Crippen LogP contribution in [-0.4, -0.2) is 27.9 Å². The monoisotopic (exact) mass is 305 g/mol. The Labute approximate surface area is 112 Å². The summed E-state index contributed by atoms with van der Waals surface area (Å²) in [5.41, 5.74) is 5.63. The van der Waals surface area contributed by atoms with Gasteiger partial charge in [0.05, 0.1) is 10.1 Å². The first-order chi connectivity index (χ1) is 8.72. The molecule has 3 N–H and O–H groups in total. The first-order valence-electron chi connectivity index (χ1n) is 5.36. The van der Waals surface area contributed by atoms with Crippen LogP contribution in [0.5, 0.6) is 0 Å². The van der Waals surface area contributed by atoms with E-state index in [9.17, 15) is 16.8 Å². The number of hydrogen-bond acceptors (Lipinski definition) is 5. The lowest BCUT2D eigenvalue weighted by atomic mass is 10.1. The van der Waals surface area contributed by atoms with Crippen molar-refractivity contribution < 1.29 is 21.4 Å². The molecule has 0 aliphatic rings. The largest absolute Gasteiger partial charge is 0.330 e. The lowest BCUT2D eigenvalue weighted by Gasteiger charge is -2.15. The van der Waals surface area contributed by atoms with Gasteiger partial charge < -0.3 is 5.73 Å². The van der Waals surface area contributed by atoms with Crippen molar-refractivity contribution in [2.75, 3.05) is 6.54 Å². The quantitative estimate of drug-likeness (QED) is 0.754. The van der Waals surface area contributed by atoms with Crippen LogP contribution < -0.4 is 5.73 Å². The van der Waals surface area contributed by atoms with Gasteiger partial charge >= 0.3 is 0 Å². The van der Waals surface area contributed by atoms with E-state index in [-0.39, 0.29) is 23.4 Å². The van der Waals surface area contributed by atoms with Gasteiger partial charge in [0, 0.05) is 5.41 Å². The van der Waals surface area contributed by atoms with Gasteiger partial charge in [0.1, 0.15) is 0 Å². The summed E-state index contributed by atoms with van der Waals surface area (Å²) in [7, 11) is -8.01. The van der Waals surface area contributed by atoms with Crippen LogP contribution in [0.15, 0.2) is 41.1 Å². The van der Waals surface area contributed by atoms with E-state index in [0.717, 1.165) is 11.5 Å². The Bertz CT molecular complexity index is 664. The normalized spacial score (nSPS) is 14.0. The van der Waals surface area contributed by atoms with E-state index < -0.39 is 25.2 Å². The Hall–Kier alpha value is -1.22. The highest BCUT2D eigenvalue weighted by molar-refractivity contribution is 7.94. The summed E-state index contributed by atoms with van der Waals surface area (Å²) >= 11 is 0. The Morgan fingerprint density at radius 2 is 1.95 bits per heavy atom. The van der Waals surface area contributed by atoms with Gasteiger partial charge in [-0.2, -0.15) is 8.42 Å². The van der Waals surface area contributed by atoms with Gasteiger partial charge in [-0.25, -0.2) is 8.42 Å². The zero-order valence-corrected chi connectivity index (χ0v) is 11.7. The molecule has 19 heavy (non-hydrogen) atoms. The molecule has 1 aromatic rings. The van der Waals surface area contributed by atoms with Gasteiger partial charge in [0.15, 0.2) is 9.84 Å². The molecular formula is C11H15NO5S2. The summed E-state index contributed by atoms with van der Waals surface area (Å²) < 4.78 is 54.8. The summed E-state index contributed by atoms with van der Waals surface area (Å²) in [6.45, 7) is 3.35. The molecule has 8 heteroatoms. The van der Waals surface area contributed by atoms with Gasteiger partial charge in [-0.3, -0.25) is 4.55 Å². The SMILES string of the molecule is C=CS(=O)(=O)C(CCN)c1cccc(S(=O)(=O)O)c1. The summed E-state index contributed by atoms with van der Waals surface area (Å²) in [5, 5.41) is -0.162. The third-order valence-electron chi connectivity index (χ3n) is 2.59. The maximum atomic E-state index is 11.9. The van der Waals surface area contributed by atoms with E-state index in [1.54, 1.807) is 0 Å². The van der Waals surface area contributed by atoms with Crippen LogP contribution in [0.2, 0.25) is 0 Å². The fraction of sp³-hybridized carbons (Fsp3) is 0.273. The van der Waals surface area contributed by atoms with Crippen molar-refractivity contribution in [3.63, 3.8) is 0 Å². The average molecular weight is 305 g/mol. The minimum absolute atomic E-state index is 0.119. The first kappa shape index (κ1) is 15.8. The molecule has 1 atom stereocenters. The number of rotatable bonds is 6. The number of sulfone groups is 1. The lowest BCUT2D eigenvalue weighted by Crippen LogP contribution is -2.15. The minimum atomic E-state index is -4.38. The molecule has 0 amide bonds. The van der Waals surface area contributed by atoms with Crippen molar-refractivity contribution in [3.05, 3.63) is 41.8 Å². The molecule has 0 heterocycles. The number of hydrogen-bond donors (Lipinski definition) is 2. The van der Waals surface area contributed by atoms with E-state index >= 15 is 0 Å². The maximum absolute atomic E-state index is 11.9. The highest BCUT2D eigenvalue weighted by Crippen LogP contribution is 2.28. The summed E-state index contributed by atoms with van der Waals surface area (Å²) in [5.74, 6) is 0. The van der Waals surface area contributed by atoms with Crippen molar-refractivity contribution in [2.45, 2.75) is 16.6 Å². The first-order valence-corrected chi connectivity index (χ1v) is 8.41. The van der Waals surface area contributed by atoms with E-state index in [2.05, 4.69) is 6.58 Å². The molecule has 0 saturated carbocycles. The fourth-order valence-corrected chi connectivity index (χ4v) is 3.42. The predicted molar refractivity (Wildman–Crippen MR) is 71.8 cm³/mol. The predicted octanol–water partition coefficient (Wildman–Crippen LogP) is 0.882. The van der Waals surface area contributed by atoms with E-state index in [1.807, 2.05) is 0 Å². The van der Waals surface area contributed by atoms with Crippen molar-refractivity contribution in [2.24, 2.45) is 5.73 Å². The fourth-order valence-electron chi connectivity index (χ4n) is 1.66. The molecule has 0 aliphatic heterocycles. The second kappa shape index (κ2) is 5.83. The van der Waals surface area contributed by atoms with E-state index in [0.29, 0.717) is 0 Å². The van der Waals surface area contributed by atoms with Crippen LogP contribution in [-0.2, 0) is 20.0 Å². The van der Waals surface area contributed by atoms with Crippen LogP contribution in [0.4, 0.5) is 0 Å². The highest BCUT2D eigenvalue weighted by atomic mass is 32.2. The average Bonchev–Trinajstić information content (AvgIpc) is 2.35. The molecule has 1 rings (SSSR count). The van der Waals surface area contributed by atoms with Crippen LogP contribution in [0.1, 0.15) is 17.2 Å². The van der Waals surface area contributed by atoms with Gasteiger partial charge in [-0.05, 0) is 30.7 Å². The summed E-state index contributed by atoms with van der Waals surface area (Å²) in [6.07, 6.45) is 0.128. The molecule has 6 nitrogen and oxygen atoms in total. The van der Waals surface area contributed by atoms with Crippen molar-refractivity contribution in [1.29, 1.82) is 0 Å². The zero-order chi connectivity index (χ0) is 14.7. The Morgan fingerprint density at radius 1 is 1.32 bits per heavy atom. The molecule has 0 saturated heterocycles. The minimum Gasteiger partial charge on any atom is -0.330 e. The van der Waals surface area contributed by atoms with Gasteiger partial charge in [0.25, 0.3) is 10.1 Å². The lowest BCUT2D eigenvalue weighted by molar-refractivity contribution is 0.483. The van der Waals surface area contributed by atoms with Gasteiger partial charge in [-0.1, -0.05) is 18.7 Å². The highest BCUT2D eigenvalue weighted by Gasteiger charge is 2.25. The summed E-state index contributed by atoms with van der Waals surface area (Å²) in [6, 6.07) is 5.13. The maximum Gasteiger partial charge on any atom is 0.294 e. The molecule has 1 unspecified atom stereocenters. The molecule has 0 bridgehead atoms. The molecular weight excluding hydrogens is 290 g/mol. The molecule has 0 fully saturated rings. The topological polar surface area (TPSA) is 115 Å². The molecule has 0 spiro atoms. The Morgan fingerprint density at radius 3 is 2.42 bits per heavy atom. The van der Waals surface area contributed by atoms with Crippen LogP contribution in [0.25, 0.3) is 0 Å². The van der Waals surface area contributed by atoms with E-state index in [4.69, 9.17) is 10.3 Å². The van der Waals surface area contributed by atoms with Gasteiger partial charge in [-0.15, -0.1) is 0 Å². The summed E-state index contributed by atoms with van der Waals surface area (Å²) in [4.78, 5) is -0.355. The molecule has 0 aromatic heterocycles. The smallest absolute Gasteiger partial charge is 0.294 e. The second-order valence-electron chi connectivity index (χ2n) is 3.87. The third-order valence-corrected chi connectivity index (χ3v) is 5.20. The van der Waals surface area contributed by atoms with E-state index in [1.165, 1.54) is 18.2 Å².